The van der Waals surface area contributed by atoms with Crippen molar-refractivity contribution >= 4 is 34.8 Å². The number of hydroxylamine groups is 1. The van der Waals surface area contributed by atoms with Gasteiger partial charge in [0.15, 0.2) is 6.10 Å². The van der Waals surface area contributed by atoms with Crippen LogP contribution in [0.3, 0.4) is 0 Å². The lowest BCUT2D eigenvalue weighted by Crippen LogP contribution is -2.46. The highest BCUT2D eigenvalue weighted by molar-refractivity contribution is 6.31. The first kappa shape index (κ1) is 21.6. The maximum Gasteiger partial charge on any atom is 0.267 e. The number of para-hydroxylation sites is 1. The average Bonchev–Trinajstić information content (AvgIpc) is 3.38. The summed E-state index contributed by atoms with van der Waals surface area (Å²) in [4.78, 5) is 36.2. The van der Waals surface area contributed by atoms with Crippen LogP contribution in [0.2, 0.25) is 5.02 Å². The number of anilines is 2. The Morgan fingerprint density at radius 2 is 1.26 bits per heavy atom. The van der Waals surface area contributed by atoms with Gasteiger partial charge in [0.05, 0.1) is 11.4 Å². The second-order valence-electron chi connectivity index (χ2n) is 8.65. The Morgan fingerprint density at radius 3 is 1.89 bits per heavy atom. The van der Waals surface area contributed by atoms with Crippen LogP contribution in [0.15, 0.2) is 115 Å². The second kappa shape index (κ2) is 8.38. The predicted molar refractivity (Wildman–Crippen MR) is 135 cm³/mol. The summed E-state index contributed by atoms with van der Waals surface area (Å²) in [6.07, 6.45) is -1.04. The minimum Gasteiger partial charge on any atom is -0.273 e. The SMILES string of the molecule is O=C1[C@@H]2ON(c3ccccc3)[C@H](c3ccccc3)[C@@]2(c2ccccc2)C(=O)N1c1ccc(Cl)cc1. The van der Waals surface area contributed by atoms with Crippen LogP contribution in [0.25, 0.3) is 0 Å². The summed E-state index contributed by atoms with van der Waals surface area (Å²) in [5.74, 6) is -0.728. The Balaban J connectivity index is 1.61. The normalized spacial score (nSPS) is 23.6. The molecule has 172 valence electrons. The largest absolute Gasteiger partial charge is 0.273 e. The van der Waals surface area contributed by atoms with Gasteiger partial charge in [-0.05, 0) is 47.5 Å². The number of hydrogen-bond donors (Lipinski definition) is 0. The molecule has 2 heterocycles. The molecule has 0 spiro atoms. The lowest BCUT2D eigenvalue weighted by Gasteiger charge is -2.35. The van der Waals surface area contributed by atoms with Crippen molar-refractivity contribution in [3.8, 4) is 0 Å². The molecule has 2 amide bonds. The van der Waals surface area contributed by atoms with Gasteiger partial charge >= 0.3 is 0 Å². The highest BCUT2D eigenvalue weighted by atomic mass is 35.5. The topological polar surface area (TPSA) is 49.9 Å². The standard InChI is InChI=1S/C29H21ClN2O3/c30-22-16-18-23(19-17-22)31-27(33)26-29(28(31)34,21-12-6-2-7-13-21)25(20-10-4-1-5-11-20)32(35-26)24-14-8-3-9-15-24/h1-19,25-26H/t25-,26+,29-/m1/s1. The van der Waals surface area contributed by atoms with Crippen molar-refractivity contribution in [3.63, 3.8) is 0 Å². The third-order valence-corrected chi connectivity index (χ3v) is 7.01. The monoisotopic (exact) mass is 480 g/mol. The summed E-state index contributed by atoms with van der Waals surface area (Å²) < 4.78 is 0. The van der Waals surface area contributed by atoms with Crippen LogP contribution in [-0.2, 0) is 19.8 Å². The Morgan fingerprint density at radius 1 is 0.686 bits per heavy atom. The number of carbonyl (C=O) groups is 2. The van der Waals surface area contributed by atoms with Gasteiger partial charge in [-0.25, -0.2) is 9.96 Å². The Bertz CT molecular complexity index is 1380. The van der Waals surface area contributed by atoms with Crippen molar-refractivity contribution in [2.45, 2.75) is 17.6 Å². The fourth-order valence-corrected chi connectivity index (χ4v) is 5.38. The quantitative estimate of drug-likeness (QED) is 0.351. The Hall–Kier alpha value is -3.93. The van der Waals surface area contributed by atoms with E-state index < -0.39 is 23.5 Å². The molecule has 5 nitrogen and oxygen atoms in total. The second-order valence-corrected chi connectivity index (χ2v) is 9.09. The van der Waals surface area contributed by atoms with Crippen LogP contribution in [0.1, 0.15) is 17.2 Å². The molecule has 0 unspecified atom stereocenters. The molecule has 0 aromatic heterocycles. The molecule has 0 saturated carbocycles. The number of nitrogens with zero attached hydrogens (tertiary/aromatic N) is 2. The highest BCUT2D eigenvalue weighted by Crippen LogP contribution is 2.57. The maximum atomic E-state index is 14.5. The van der Waals surface area contributed by atoms with E-state index >= 15 is 0 Å². The van der Waals surface area contributed by atoms with Crippen LogP contribution in [0, 0.1) is 0 Å². The lowest BCUT2D eigenvalue weighted by molar-refractivity contribution is -0.126. The number of amides is 2. The van der Waals surface area contributed by atoms with E-state index in [1.54, 1.807) is 29.3 Å². The van der Waals surface area contributed by atoms with E-state index in [9.17, 15) is 9.59 Å². The minimum atomic E-state index is -1.30. The summed E-state index contributed by atoms with van der Waals surface area (Å²) in [5, 5.41) is 2.25. The smallest absolute Gasteiger partial charge is 0.267 e. The van der Waals surface area contributed by atoms with Crippen molar-refractivity contribution in [1.29, 1.82) is 0 Å². The van der Waals surface area contributed by atoms with E-state index in [1.165, 1.54) is 4.90 Å². The summed E-state index contributed by atoms with van der Waals surface area (Å²) in [6.45, 7) is 0. The number of carbonyl (C=O) groups excluding carboxylic acids is 2. The van der Waals surface area contributed by atoms with Crippen molar-refractivity contribution in [2.75, 3.05) is 9.96 Å². The first-order valence-electron chi connectivity index (χ1n) is 11.4. The van der Waals surface area contributed by atoms with Crippen LogP contribution in [-0.4, -0.2) is 17.9 Å². The first-order valence-corrected chi connectivity index (χ1v) is 11.8. The molecule has 0 aliphatic carbocycles. The Labute approximate surface area is 208 Å². The molecule has 0 N–H and O–H groups in total. The van der Waals surface area contributed by atoms with Crippen LogP contribution in [0.5, 0.6) is 0 Å². The zero-order valence-corrected chi connectivity index (χ0v) is 19.4. The van der Waals surface area contributed by atoms with Gasteiger partial charge in [0.25, 0.3) is 5.91 Å². The van der Waals surface area contributed by atoms with Crippen LogP contribution >= 0.6 is 11.6 Å². The molecular weight excluding hydrogens is 460 g/mol. The van der Waals surface area contributed by atoms with Gasteiger partial charge < -0.3 is 0 Å². The summed E-state index contributed by atoms with van der Waals surface area (Å²) >= 11 is 6.08. The predicted octanol–water partition coefficient (Wildman–Crippen LogP) is 5.71. The van der Waals surface area contributed by atoms with E-state index in [2.05, 4.69) is 0 Å². The van der Waals surface area contributed by atoms with Gasteiger partial charge in [-0.15, -0.1) is 0 Å². The van der Waals surface area contributed by atoms with E-state index in [1.807, 2.05) is 91.0 Å². The van der Waals surface area contributed by atoms with Gasteiger partial charge in [0, 0.05) is 5.02 Å². The van der Waals surface area contributed by atoms with Crippen molar-refractivity contribution in [2.24, 2.45) is 0 Å². The van der Waals surface area contributed by atoms with E-state index in [0.717, 1.165) is 16.8 Å². The molecule has 0 bridgehead atoms. The molecule has 0 radical (unpaired) electrons. The number of rotatable bonds is 4. The molecule has 2 aliphatic heterocycles. The number of halogens is 1. The van der Waals surface area contributed by atoms with E-state index in [-0.39, 0.29) is 5.91 Å². The molecule has 2 fully saturated rings. The number of fused-ring (bicyclic) bond motifs is 1. The van der Waals surface area contributed by atoms with E-state index in [4.69, 9.17) is 16.4 Å². The first-order chi connectivity index (χ1) is 17.1. The number of benzene rings is 4. The fourth-order valence-electron chi connectivity index (χ4n) is 5.26. The zero-order chi connectivity index (χ0) is 24.0. The molecule has 3 atom stereocenters. The van der Waals surface area contributed by atoms with Crippen LogP contribution < -0.4 is 9.96 Å². The van der Waals surface area contributed by atoms with Gasteiger partial charge in [-0.1, -0.05) is 90.5 Å². The highest BCUT2D eigenvalue weighted by Gasteiger charge is 2.72. The molecule has 4 aromatic carbocycles. The molecule has 2 saturated heterocycles. The lowest BCUT2D eigenvalue weighted by atomic mass is 9.69. The maximum absolute atomic E-state index is 14.5. The van der Waals surface area contributed by atoms with E-state index in [0.29, 0.717) is 10.7 Å². The molecule has 6 heteroatoms. The van der Waals surface area contributed by atoms with Crippen molar-refractivity contribution in [3.05, 3.63) is 131 Å². The zero-order valence-electron chi connectivity index (χ0n) is 18.6. The van der Waals surface area contributed by atoms with Crippen LogP contribution in [0.4, 0.5) is 11.4 Å². The molecule has 4 aromatic rings. The summed E-state index contributed by atoms with van der Waals surface area (Å²) in [7, 11) is 0. The van der Waals surface area contributed by atoms with Gasteiger partial charge in [0.1, 0.15) is 11.5 Å². The minimum absolute atomic E-state index is 0.326. The Kier molecular flexibility index (Phi) is 5.17. The summed E-state index contributed by atoms with van der Waals surface area (Å²) in [5.41, 5.74) is 1.55. The average molecular weight is 481 g/mol. The fraction of sp³-hybridized carbons (Fsp3) is 0.103. The third-order valence-electron chi connectivity index (χ3n) is 6.76. The molecule has 35 heavy (non-hydrogen) atoms. The molecule has 6 rings (SSSR count). The van der Waals surface area contributed by atoms with Gasteiger partial charge in [-0.3, -0.25) is 14.4 Å². The number of imide groups is 1. The van der Waals surface area contributed by atoms with Crippen molar-refractivity contribution in [1.82, 2.24) is 0 Å². The third kappa shape index (κ3) is 3.20. The van der Waals surface area contributed by atoms with Crippen molar-refractivity contribution < 1.29 is 14.4 Å². The molecule has 2 aliphatic rings. The summed E-state index contributed by atoms with van der Waals surface area (Å²) in [6, 6.07) is 34.9. The molecular formula is C29H21ClN2O3. The van der Waals surface area contributed by atoms with Gasteiger partial charge in [-0.2, -0.15) is 0 Å². The number of hydrogen-bond acceptors (Lipinski definition) is 4. The van der Waals surface area contributed by atoms with Gasteiger partial charge in [0.2, 0.25) is 5.91 Å².